The summed E-state index contributed by atoms with van der Waals surface area (Å²) in [7, 11) is 0. The van der Waals surface area contributed by atoms with E-state index >= 15 is 0 Å². The van der Waals surface area contributed by atoms with Crippen molar-refractivity contribution in [3.8, 4) is 34.0 Å². The standard InChI is InChI=1S/C26H22N8OS/c1-26(2,3)25(35)30-16-8-15(10-27-11-16)19-9-17-20(12-29-19)33-34-22(17)24-31-18-4-6-28-21(23(18)32-24)14-5-7-36-13-14/h4-13H,1-3H3,(H,30,35)(H,31,32)(H,33,34). The average molecular weight is 495 g/mol. The molecule has 0 saturated carbocycles. The van der Waals surface area contributed by atoms with Gasteiger partial charge in [-0.15, -0.1) is 0 Å². The second kappa shape index (κ2) is 8.35. The van der Waals surface area contributed by atoms with Crippen LogP contribution in [-0.4, -0.2) is 41.0 Å². The molecule has 10 heteroatoms. The van der Waals surface area contributed by atoms with E-state index in [1.165, 1.54) is 0 Å². The van der Waals surface area contributed by atoms with E-state index in [4.69, 9.17) is 4.98 Å². The van der Waals surface area contributed by atoms with Crippen molar-refractivity contribution in [2.24, 2.45) is 5.41 Å². The molecule has 0 fully saturated rings. The Labute approximate surface area is 210 Å². The van der Waals surface area contributed by atoms with E-state index in [0.717, 1.165) is 38.8 Å². The maximum absolute atomic E-state index is 12.4. The Balaban J connectivity index is 1.40. The van der Waals surface area contributed by atoms with Gasteiger partial charge < -0.3 is 10.3 Å². The highest BCUT2D eigenvalue weighted by atomic mass is 32.1. The number of fused-ring (bicyclic) bond motifs is 2. The van der Waals surface area contributed by atoms with Crippen molar-refractivity contribution in [1.29, 1.82) is 0 Å². The van der Waals surface area contributed by atoms with Crippen molar-refractivity contribution < 1.29 is 4.79 Å². The number of H-pyrrole nitrogens is 2. The Kier molecular flexibility index (Phi) is 5.11. The number of hydrogen-bond acceptors (Lipinski definition) is 7. The number of thiophene rings is 1. The van der Waals surface area contributed by atoms with Gasteiger partial charge >= 0.3 is 0 Å². The minimum absolute atomic E-state index is 0.0804. The second-order valence-electron chi connectivity index (χ2n) is 9.51. The molecule has 1 amide bonds. The molecule has 0 aromatic carbocycles. The third-order valence-electron chi connectivity index (χ3n) is 5.84. The highest BCUT2D eigenvalue weighted by Gasteiger charge is 2.22. The van der Waals surface area contributed by atoms with Gasteiger partial charge in [-0.1, -0.05) is 20.8 Å². The summed E-state index contributed by atoms with van der Waals surface area (Å²) in [6.07, 6.45) is 6.87. The molecule has 3 N–H and O–H groups in total. The summed E-state index contributed by atoms with van der Waals surface area (Å²) in [6.45, 7) is 5.60. The highest BCUT2D eigenvalue weighted by Crippen LogP contribution is 2.32. The molecular formula is C26H22N8OS. The van der Waals surface area contributed by atoms with E-state index in [0.29, 0.717) is 22.9 Å². The second-order valence-corrected chi connectivity index (χ2v) is 10.3. The highest BCUT2D eigenvalue weighted by molar-refractivity contribution is 7.08. The fraction of sp³-hybridized carbons (Fsp3) is 0.154. The molecule has 6 aromatic rings. The van der Waals surface area contributed by atoms with E-state index in [1.54, 1.807) is 36.1 Å². The van der Waals surface area contributed by atoms with Crippen LogP contribution >= 0.6 is 11.3 Å². The third kappa shape index (κ3) is 3.91. The summed E-state index contributed by atoms with van der Waals surface area (Å²) in [6, 6.07) is 7.76. The van der Waals surface area contributed by atoms with Crippen LogP contribution in [-0.2, 0) is 4.79 Å². The molecule has 0 aliphatic rings. The van der Waals surface area contributed by atoms with Crippen LogP contribution in [0.3, 0.4) is 0 Å². The maximum Gasteiger partial charge on any atom is 0.229 e. The van der Waals surface area contributed by atoms with Crippen LogP contribution < -0.4 is 5.32 Å². The van der Waals surface area contributed by atoms with Gasteiger partial charge in [0, 0.05) is 39.7 Å². The molecule has 6 heterocycles. The summed E-state index contributed by atoms with van der Waals surface area (Å²) < 4.78 is 0. The molecular weight excluding hydrogens is 472 g/mol. The first kappa shape index (κ1) is 22.1. The lowest BCUT2D eigenvalue weighted by atomic mass is 9.95. The number of anilines is 1. The van der Waals surface area contributed by atoms with E-state index in [9.17, 15) is 4.79 Å². The third-order valence-corrected chi connectivity index (χ3v) is 6.52. The summed E-state index contributed by atoms with van der Waals surface area (Å²) in [4.78, 5) is 34.1. The number of nitrogens with zero attached hydrogens (tertiary/aromatic N) is 5. The van der Waals surface area contributed by atoms with E-state index < -0.39 is 5.41 Å². The average Bonchev–Trinajstić information content (AvgIpc) is 3.62. The Morgan fingerprint density at radius 3 is 2.69 bits per heavy atom. The topological polar surface area (TPSA) is 125 Å². The fourth-order valence-electron chi connectivity index (χ4n) is 3.88. The van der Waals surface area contributed by atoms with Gasteiger partial charge in [0.05, 0.1) is 40.5 Å². The zero-order valence-corrected chi connectivity index (χ0v) is 20.6. The van der Waals surface area contributed by atoms with Crippen LogP contribution in [0.4, 0.5) is 5.69 Å². The number of carbonyl (C=O) groups is 1. The summed E-state index contributed by atoms with van der Waals surface area (Å²) in [5.74, 6) is 0.561. The van der Waals surface area contributed by atoms with Crippen LogP contribution in [0.25, 0.3) is 56.0 Å². The normalized spacial score (nSPS) is 11.9. The first-order valence-electron chi connectivity index (χ1n) is 11.4. The number of imidazole rings is 1. The van der Waals surface area contributed by atoms with Gasteiger partial charge in [-0.05, 0) is 29.6 Å². The minimum atomic E-state index is -0.510. The lowest BCUT2D eigenvalue weighted by Crippen LogP contribution is -2.27. The lowest BCUT2D eigenvalue weighted by Gasteiger charge is -2.17. The van der Waals surface area contributed by atoms with Crippen LogP contribution in [0, 0.1) is 5.41 Å². The Morgan fingerprint density at radius 2 is 1.89 bits per heavy atom. The molecule has 36 heavy (non-hydrogen) atoms. The summed E-state index contributed by atoms with van der Waals surface area (Å²) >= 11 is 1.62. The number of hydrogen-bond donors (Lipinski definition) is 3. The summed E-state index contributed by atoms with van der Waals surface area (Å²) in [5, 5.41) is 15.4. The van der Waals surface area contributed by atoms with Crippen molar-refractivity contribution in [2.45, 2.75) is 20.8 Å². The van der Waals surface area contributed by atoms with Gasteiger partial charge in [-0.2, -0.15) is 16.4 Å². The number of rotatable bonds is 4. The van der Waals surface area contributed by atoms with Crippen molar-refractivity contribution in [3.63, 3.8) is 0 Å². The van der Waals surface area contributed by atoms with Crippen molar-refractivity contribution in [2.75, 3.05) is 5.32 Å². The SMILES string of the molecule is CC(C)(C)C(=O)Nc1cncc(-c2cc3c(-c4nc5c(-c6ccsc6)nccc5[nH]4)n[nH]c3cn2)c1. The number of aromatic nitrogens is 7. The number of nitrogens with one attached hydrogen (secondary N) is 3. The Hall–Kier alpha value is -4.44. The maximum atomic E-state index is 12.4. The minimum Gasteiger partial charge on any atom is -0.336 e. The van der Waals surface area contributed by atoms with Gasteiger partial charge in [0.2, 0.25) is 5.91 Å². The van der Waals surface area contributed by atoms with E-state index in [2.05, 4.69) is 40.8 Å². The van der Waals surface area contributed by atoms with E-state index in [-0.39, 0.29) is 5.91 Å². The van der Waals surface area contributed by atoms with Gasteiger partial charge in [0.1, 0.15) is 11.2 Å². The molecule has 0 radical (unpaired) electrons. The number of pyridine rings is 3. The predicted octanol–water partition coefficient (Wildman–Crippen LogP) is 5.67. The molecule has 0 aliphatic carbocycles. The van der Waals surface area contributed by atoms with Gasteiger partial charge in [0.25, 0.3) is 0 Å². The van der Waals surface area contributed by atoms with Crippen LogP contribution in [0.1, 0.15) is 20.8 Å². The molecule has 0 bridgehead atoms. The molecule has 0 aliphatic heterocycles. The number of carbonyl (C=O) groups excluding carboxylic acids is 1. The fourth-order valence-corrected chi connectivity index (χ4v) is 4.52. The van der Waals surface area contributed by atoms with Crippen LogP contribution in [0.15, 0.2) is 59.8 Å². The molecule has 6 rings (SSSR count). The molecule has 0 spiro atoms. The lowest BCUT2D eigenvalue weighted by molar-refractivity contribution is -0.123. The zero-order chi connectivity index (χ0) is 24.9. The Bertz CT molecular complexity index is 1730. The number of amides is 1. The van der Waals surface area contributed by atoms with Gasteiger partial charge in [-0.25, -0.2) is 4.98 Å². The van der Waals surface area contributed by atoms with Gasteiger partial charge in [0.15, 0.2) is 5.82 Å². The predicted molar refractivity (Wildman–Crippen MR) is 141 cm³/mol. The molecule has 9 nitrogen and oxygen atoms in total. The van der Waals surface area contributed by atoms with Crippen LogP contribution in [0.5, 0.6) is 0 Å². The van der Waals surface area contributed by atoms with Crippen molar-refractivity contribution >= 4 is 44.9 Å². The summed E-state index contributed by atoms with van der Waals surface area (Å²) in [5.41, 5.74) is 6.62. The molecule has 0 unspecified atom stereocenters. The quantitative estimate of drug-likeness (QED) is 0.290. The van der Waals surface area contributed by atoms with Crippen molar-refractivity contribution in [1.82, 2.24) is 35.1 Å². The smallest absolute Gasteiger partial charge is 0.229 e. The van der Waals surface area contributed by atoms with Crippen LogP contribution in [0.2, 0.25) is 0 Å². The Morgan fingerprint density at radius 1 is 1.00 bits per heavy atom. The van der Waals surface area contributed by atoms with E-state index in [1.807, 2.05) is 50.4 Å². The molecule has 0 atom stereocenters. The largest absolute Gasteiger partial charge is 0.336 e. The molecule has 0 saturated heterocycles. The number of aromatic amines is 2. The molecule has 178 valence electrons. The monoisotopic (exact) mass is 494 g/mol. The molecule has 6 aromatic heterocycles. The first-order chi connectivity index (χ1) is 17.4. The zero-order valence-electron chi connectivity index (χ0n) is 19.8. The van der Waals surface area contributed by atoms with Gasteiger partial charge in [-0.3, -0.25) is 24.8 Å². The van der Waals surface area contributed by atoms with Crippen molar-refractivity contribution in [3.05, 3.63) is 59.8 Å². The first-order valence-corrected chi connectivity index (χ1v) is 12.3.